The first-order valence-electron chi connectivity index (χ1n) is 4.31. The molecular formula is C9H12FN3S2. The molecule has 6 heteroatoms. The van der Waals surface area contributed by atoms with Crippen molar-refractivity contribution in [2.75, 3.05) is 12.3 Å². The van der Waals surface area contributed by atoms with Crippen molar-refractivity contribution in [2.45, 2.75) is 4.90 Å². The van der Waals surface area contributed by atoms with Crippen LogP contribution in [0.25, 0.3) is 0 Å². The molecule has 0 aliphatic rings. The van der Waals surface area contributed by atoms with Crippen molar-refractivity contribution in [3.8, 4) is 0 Å². The molecule has 0 aromatic heterocycles. The molecular weight excluding hydrogens is 233 g/mol. The second kappa shape index (κ2) is 7.56. The zero-order chi connectivity index (χ0) is 10.9. The highest BCUT2D eigenvalue weighted by atomic mass is 32.2. The molecule has 0 heterocycles. The van der Waals surface area contributed by atoms with Gasteiger partial charge < -0.3 is 4.72 Å². The molecule has 82 valence electrons. The van der Waals surface area contributed by atoms with E-state index in [0.717, 1.165) is 10.6 Å². The minimum Gasteiger partial charge on any atom is -0.317 e. The Bertz CT molecular complexity index is 303. The largest absolute Gasteiger partial charge is 0.317 e. The molecule has 0 saturated heterocycles. The normalized spacial score (nSPS) is 10.8. The van der Waals surface area contributed by atoms with Gasteiger partial charge in [0.05, 0.1) is 12.9 Å². The van der Waals surface area contributed by atoms with Crippen molar-refractivity contribution in [3.63, 3.8) is 0 Å². The molecule has 0 spiro atoms. The predicted molar refractivity (Wildman–Crippen MR) is 65.4 cm³/mol. The number of rotatable bonds is 6. The fraction of sp³-hybridized carbons (Fsp3) is 0.222. The topological polar surface area (TPSA) is 50.4 Å². The van der Waals surface area contributed by atoms with Crippen molar-refractivity contribution in [3.05, 3.63) is 30.1 Å². The second-order valence-corrected chi connectivity index (χ2v) is 4.23. The lowest BCUT2D eigenvalue weighted by atomic mass is 10.4. The van der Waals surface area contributed by atoms with Gasteiger partial charge in [-0.05, 0) is 36.2 Å². The van der Waals surface area contributed by atoms with Crippen LogP contribution in [0.3, 0.4) is 0 Å². The Kier molecular flexibility index (Phi) is 6.22. The summed E-state index contributed by atoms with van der Waals surface area (Å²) in [5.74, 6) is 0.576. The average molecular weight is 245 g/mol. The summed E-state index contributed by atoms with van der Waals surface area (Å²) >= 11 is 2.65. The first-order chi connectivity index (χ1) is 7.33. The molecule has 0 amide bonds. The Balaban J connectivity index is 2.20. The van der Waals surface area contributed by atoms with Gasteiger partial charge in [0, 0.05) is 10.6 Å². The molecule has 1 aromatic rings. The van der Waals surface area contributed by atoms with Crippen molar-refractivity contribution in [1.29, 1.82) is 0 Å². The van der Waals surface area contributed by atoms with Crippen LogP contribution in [0.5, 0.6) is 0 Å². The number of halogens is 1. The third kappa shape index (κ3) is 5.66. The van der Waals surface area contributed by atoms with Crippen LogP contribution in [0.4, 0.5) is 4.39 Å². The maximum absolute atomic E-state index is 12.5. The first kappa shape index (κ1) is 12.4. The number of hydrogen-bond acceptors (Lipinski definition) is 4. The van der Waals surface area contributed by atoms with Gasteiger partial charge in [0.15, 0.2) is 0 Å². The van der Waals surface area contributed by atoms with Gasteiger partial charge >= 0.3 is 0 Å². The molecule has 1 rings (SSSR count). The lowest BCUT2D eigenvalue weighted by molar-refractivity contribution is 0.626. The summed E-state index contributed by atoms with van der Waals surface area (Å²) in [5, 5.41) is 5.23. The summed E-state index contributed by atoms with van der Waals surface area (Å²) in [6.45, 7) is 0.693. The van der Waals surface area contributed by atoms with Gasteiger partial charge in [0.1, 0.15) is 5.82 Å². The summed E-state index contributed by atoms with van der Waals surface area (Å²) in [6.07, 6.45) is 1.62. The van der Waals surface area contributed by atoms with Crippen LogP contribution in [-0.4, -0.2) is 18.6 Å². The van der Waals surface area contributed by atoms with Crippen LogP contribution < -0.4 is 9.86 Å². The highest BCUT2D eigenvalue weighted by Crippen LogP contribution is 2.13. The van der Waals surface area contributed by atoms with Crippen LogP contribution in [0.1, 0.15) is 0 Å². The number of nitrogens with zero attached hydrogens (tertiary/aromatic N) is 1. The number of hydrogen-bond donors (Lipinski definition) is 2. The molecule has 0 radical (unpaired) electrons. The maximum Gasteiger partial charge on any atom is 0.123 e. The summed E-state index contributed by atoms with van der Waals surface area (Å²) < 4.78 is 15.5. The standard InChI is InChI=1S/C9H12FN3S2/c10-8-1-3-9(4-2-8)15-13-7-12-5-6-14-11/h1-4,7H,5-6,11H2,(H,12,13). The lowest BCUT2D eigenvalue weighted by Crippen LogP contribution is -2.00. The zero-order valence-corrected chi connectivity index (χ0v) is 9.65. The van der Waals surface area contributed by atoms with Gasteiger partial charge in [-0.15, -0.1) is 0 Å². The minimum absolute atomic E-state index is 0.229. The molecule has 0 aliphatic heterocycles. The van der Waals surface area contributed by atoms with Crippen LogP contribution in [0, 0.1) is 5.82 Å². The summed E-state index contributed by atoms with van der Waals surface area (Å²) in [4.78, 5) is 5.00. The summed E-state index contributed by atoms with van der Waals surface area (Å²) in [7, 11) is 0. The molecule has 0 saturated carbocycles. The smallest absolute Gasteiger partial charge is 0.123 e. The Labute approximate surface area is 97.0 Å². The fourth-order valence-corrected chi connectivity index (χ4v) is 1.55. The molecule has 3 nitrogen and oxygen atoms in total. The van der Waals surface area contributed by atoms with Gasteiger partial charge in [-0.2, -0.15) is 0 Å². The van der Waals surface area contributed by atoms with Gasteiger partial charge in [0.25, 0.3) is 0 Å². The molecule has 0 fully saturated rings. The zero-order valence-electron chi connectivity index (χ0n) is 8.02. The summed E-state index contributed by atoms with van der Waals surface area (Å²) in [5.41, 5.74) is 0. The number of benzene rings is 1. The van der Waals surface area contributed by atoms with Crippen LogP contribution in [-0.2, 0) is 0 Å². The van der Waals surface area contributed by atoms with E-state index in [4.69, 9.17) is 5.14 Å². The van der Waals surface area contributed by atoms with Crippen molar-refractivity contribution >= 4 is 30.2 Å². The van der Waals surface area contributed by atoms with Crippen molar-refractivity contribution in [2.24, 2.45) is 10.1 Å². The van der Waals surface area contributed by atoms with Crippen molar-refractivity contribution in [1.82, 2.24) is 4.72 Å². The van der Waals surface area contributed by atoms with Gasteiger partial charge in [-0.3, -0.25) is 10.1 Å². The van der Waals surface area contributed by atoms with E-state index < -0.39 is 0 Å². The van der Waals surface area contributed by atoms with E-state index in [1.54, 1.807) is 18.5 Å². The SMILES string of the molecule is NSCCN=CNSc1ccc(F)cc1. The van der Waals surface area contributed by atoms with E-state index in [-0.39, 0.29) is 5.82 Å². The van der Waals surface area contributed by atoms with E-state index in [9.17, 15) is 4.39 Å². The molecule has 1 aromatic carbocycles. The molecule has 15 heavy (non-hydrogen) atoms. The van der Waals surface area contributed by atoms with Crippen LogP contribution >= 0.6 is 23.9 Å². The molecule has 0 atom stereocenters. The first-order valence-corrected chi connectivity index (χ1v) is 6.17. The Morgan fingerprint density at radius 3 is 2.80 bits per heavy atom. The highest BCUT2D eigenvalue weighted by molar-refractivity contribution is 7.98. The van der Waals surface area contributed by atoms with E-state index in [1.807, 2.05) is 0 Å². The summed E-state index contributed by atoms with van der Waals surface area (Å²) in [6, 6.07) is 6.26. The predicted octanol–water partition coefficient (Wildman–Crippen LogP) is 2.06. The molecule has 0 unspecified atom stereocenters. The average Bonchev–Trinajstić information content (AvgIpc) is 2.26. The molecule has 0 bridgehead atoms. The van der Waals surface area contributed by atoms with E-state index in [2.05, 4.69) is 9.71 Å². The van der Waals surface area contributed by atoms with E-state index >= 15 is 0 Å². The van der Waals surface area contributed by atoms with Crippen LogP contribution in [0.2, 0.25) is 0 Å². The van der Waals surface area contributed by atoms with Crippen molar-refractivity contribution < 1.29 is 4.39 Å². The second-order valence-electron chi connectivity index (χ2n) is 2.58. The Morgan fingerprint density at radius 2 is 2.13 bits per heavy atom. The number of nitrogens with two attached hydrogens (primary N) is 1. The Hall–Kier alpha value is -0.720. The van der Waals surface area contributed by atoms with Gasteiger partial charge in [0.2, 0.25) is 0 Å². The van der Waals surface area contributed by atoms with Gasteiger partial charge in [-0.25, -0.2) is 4.39 Å². The Morgan fingerprint density at radius 1 is 1.40 bits per heavy atom. The molecule has 3 N–H and O–H groups in total. The monoisotopic (exact) mass is 245 g/mol. The lowest BCUT2D eigenvalue weighted by Gasteiger charge is -1.98. The fourth-order valence-electron chi connectivity index (χ4n) is 0.804. The minimum atomic E-state index is -0.229. The quantitative estimate of drug-likeness (QED) is 0.348. The third-order valence-corrected chi connectivity index (χ3v) is 2.62. The van der Waals surface area contributed by atoms with E-state index in [1.165, 1.54) is 36.0 Å². The molecule has 0 aliphatic carbocycles. The third-order valence-electron chi connectivity index (χ3n) is 1.47. The number of aliphatic imine (C=N–C) groups is 1. The highest BCUT2D eigenvalue weighted by Gasteiger charge is 1.92. The maximum atomic E-state index is 12.5. The van der Waals surface area contributed by atoms with Gasteiger partial charge in [-0.1, -0.05) is 11.9 Å². The van der Waals surface area contributed by atoms with E-state index in [0.29, 0.717) is 6.54 Å². The van der Waals surface area contributed by atoms with Crippen LogP contribution in [0.15, 0.2) is 34.2 Å². The number of nitrogens with one attached hydrogen (secondary N) is 1.